The molecule has 4 heterocycles. The fourth-order valence-corrected chi connectivity index (χ4v) is 5.01. The number of methoxy groups -OCH3 is 1. The van der Waals surface area contributed by atoms with Crippen LogP contribution in [-0.2, 0) is 4.74 Å². The van der Waals surface area contributed by atoms with Crippen LogP contribution >= 0.6 is 0 Å². The van der Waals surface area contributed by atoms with Crippen LogP contribution in [0, 0.1) is 0 Å². The zero-order valence-corrected chi connectivity index (χ0v) is 21.9. The van der Waals surface area contributed by atoms with Crippen molar-refractivity contribution in [3.8, 4) is 17.4 Å². The number of carbonyl (C=O) groups excluding carboxylic acids is 1. The molecule has 4 aromatic rings. The minimum atomic E-state index is -2.81. The molecule has 40 heavy (non-hydrogen) atoms. The van der Waals surface area contributed by atoms with Crippen LogP contribution in [0.2, 0.25) is 0 Å². The molecule has 1 atom stereocenters. The molecule has 10 nitrogen and oxygen atoms in total. The van der Waals surface area contributed by atoms with Crippen LogP contribution in [0.3, 0.4) is 0 Å². The normalized spacial score (nSPS) is 17.6. The smallest absolute Gasteiger partial charge is 0.296 e. The summed E-state index contributed by atoms with van der Waals surface area (Å²) < 4.78 is 46.5. The lowest BCUT2D eigenvalue weighted by molar-refractivity contribution is 0.0771. The predicted octanol–water partition coefficient (Wildman–Crippen LogP) is 3.89. The molecule has 0 bridgehead atoms. The molecular weight excluding hydrogens is 522 g/mol. The molecule has 208 valence electrons. The van der Waals surface area contributed by atoms with Crippen molar-refractivity contribution >= 4 is 22.9 Å². The van der Waals surface area contributed by atoms with E-state index in [1.807, 2.05) is 4.90 Å². The molecule has 2 fully saturated rings. The first-order valence-electron chi connectivity index (χ1n) is 13.1. The van der Waals surface area contributed by atoms with Gasteiger partial charge in [0, 0.05) is 37.7 Å². The zero-order chi connectivity index (χ0) is 27.6. The summed E-state index contributed by atoms with van der Waals surface area (Å²) >= 11 is 0. The monoisotopic (exact) mass is 550 g/mol. The fourth-order valence-electron chi connectivity index (χ4n) is 5.01. The largest absolute Gasteiger partial charge is 0.497 e. The Hall–Kier alpha value is -4.32. The lowest BCUT2D eigenvalue weighted by Crippen LogP contribution is -2.37. The first-order valence-corrected chi connectivity index (χ1v) is 13.1. The van der Waals surface area contributed by atoms with Crippen LogP contribution in [0.5, 0.6) is 11.6 Å². The minimum Gasteiger partial charge on any atom is -0.497 e. The van der Waals surface area contributed by atoms with E-state index in [0.717, 1.165) is 0 Å². The molecule has 1 amide bonds. The average molecular weight is 551 g/mol. The van der Waals surface area contributed by atoms with E-state index >= 15 is 0 Å². The molecule has 0 aliphatic carbocycles. The molecule has 0 spiro atoms. The summed E-state index contributed by atoms with van der Waals surface area (Å²) in [5.41, 5.74) is 1.51. The number of fused-ring (bicyclic) bond motifs is 1. The Kier molecular flexibility index (Phi) is 7.16. The Morgan fingerprint density at radius 3 is 2.55 bits per heavy atom. The summed E-state index contributed by atoms with van der Waals surface area (Å²) in [4.78, 5) is 30.2. The van der Waals surface area contributed by atoms with E-state index in [1.165, 1.54) is 4.57 Å². The van der Waals surface area contributed by atoms with Gasteiger partial charge in [0.25, 0.3) is 12.3 Å². The third-order valence-corrected chi connectivity index (χ3v) is 7.04. The number of halogens is 2. The Morgan fingerprint density at radius 1 is 1.02 bits per heavy atom. The molecule has 0 radical (unpaired) electrons. The molecular formula is C28H28F2N6O4. The number of likely N-dealkylation sites (tertiary alicyclic amines) is 1. The van der Waals surface area contributed by atoms with Crippen LogP contribution in [0.1, 0.15) is 29.0 Å². The Morgan fingerprint density at radius 2 is 1.80 bits per heavy atom. The second-order valence-corrected chi connectivity index (χ2v) is 9.57. The van der Waals surface area contributed by atoms with Crippen molar-refractivity contribution in [1.82, 2.24) is 24.4 Å². The van der Waals surface area contributed by atoms with Gasteiger partial charge in [0.15, 0.2) is 5.82 Å². The fraction of sp³-hybridized carbons (Fsp3) is 0.357. The molecule has 2 aromatic carbocycles. The highest BCUT2D eigenvalue weighted by atomic mass is 19.3. The lowest BCUT2D eigenvalue weighted by atomic mass is 10.2. The molecule has 2 aliphatic heterocycles. The second-order valence-electron chi connectivity index (χ2n) is 9.57. The highest BCUT2D eigenvalue weighted by Crippen LogP contribution is 2.30. The second kappa shape index (κ2) is 11.0. The van der Waals surface area contributed by atoms with E-state index < -0.39 is 12.2 Å². The number of alkyl halides is 2. The van der Waals surface area contributed by atoms with Crippen molar-refractivity contribution in [3.63, 3.8) is 0 Å². The highest BCUT2D eigenvalue weighted by Gasteiger charge is 2.30. The van der Waals surface area contributed by atoms with Crippen molar-refractivity contribution in [2.24, 2.45) is 0 Å². The number of para-hydroxylation sites is 2. The first kappa shape index (κ1) is 25.9. The van der Waals surface area contributed by atoms with E-state index in [1.54, 1.807) is 66.6 Å². The van der Waals surface area contributed by atoms with Gasteiger partial charge in [-0.2, -0.15) is 9.97 Å². The zero-order valence-electron chi connectivity index (χ0n) is 21.9. The Labute approximate surface area is 229 Å². The van der Waals surface area contributed by atoms with Crippen molar-refractivity contribution in [2.45, 2.75) is 19.0 Å². The summed E-state index contributed by atoms with van der Waals surface area (Å²) in [7, 11) is 1.58. The molecule has 12 heteroatoms. The third kappa shape index (κ3) is 5.14. The quantitative estimate of drug-likeness (QED) is 0.342. The number of ether oxygens (including phenoxy) is 3. The minimum absolute atomic E-state index is 0.0994. The molecule has 2 aliphatic rings. The number of rotatable bonds is 7. The molecule has 0 N–H and O–H groups in total. The topological polar surface area (TPSA) is 94.8 Å². The maximum atomic E-state index is 14.1. The van der Waals surface area contributed by atoms with E-state index in [-0.39, 0.29) is 23.7 Å². The number of imidazole rings is 1. The number of morpholine rings is 1. The van der Waals surface area contributed by atoms with Crippen LogP contribution in [0.25, 0.3) is 16.9 Å². The Balaban J connectivity index is 1.30. The van der Waals surface area contributed by atoms with Crippen molar-refractivity contribution in [1.29, 1.82) is 0 Å². The van der Waals surface area contributed by atoms with Gasteiger partial charge in [-0.25, -0.2) is 13.8 Å². The summed E-state index contributed by atoms with van der Waals surface area (Å²) in [5, 5.41) is 0. The summed E-state index contributed by atoms with van der Waals surface area (Å²) in [6, 6.07) is 15.5. The maximum Gasteiger partial charge on any atom is 0.296 e. The number of carbonyl (C=O) groups is 1. The van der Waals surface area contributed by atoms with Gasteiger partial charge in [-0.15, -0.1) is 0 Å². The lowest BCUT2D eigenvalue weighted by Gasteiger charge is -2.27. The number of benzene rings is 2. The first-order chi connectivity index (χ1) is 19.5. The van der Waals surface area contributed by atoms with Gasteiger partial charge in [-0.05, 0) is 36.4 Å². The van der Waals surface area contributed by atoms with Crippen molar-refractivity contribution in [2.75, 3.05) is 51.4 Å². The van der Waals surface area contributed by atoms with Gasteiger partial charge >= 0.3 is 0 Å². The van der Waals surface area contributed by atoms with E-state index in [9.17, 15) is 13.6 Å². The third-order valence-electron chi connectivity index (χ3n) is 7.04. The van der Waals surface area contributed by atoms with Gasteiger partial charge in [-0.3, -0.25) is 9.36 Å². The standard InChI is InChI=1S/C28H28F2N6O4/c1-38-19-8-6-18(7-9-19)27(37)35-11-10-20(17-35)40-24-16-23(32-28(33-24)34-12-14-39-15-13-34)36-22-5-3-2-4-21(22)31-26(36)25(29)30/h2-9,16,20,25H,10-15,17H2,1H3. The number of hydrogen-bond donors (Lipinski definition) is 0. The van der Waals surface area contributed by atoms with Gasteiger partial charge in [0.05, 0.1) is 37.9 Å². The average Bonchev–Trinajstić information content (AvgIpc) is 3.62. The van der Waals surface area contributed by atoms with Crippen molar-refractivity contribution < 1.29 is 27.8 Å². The number of anilines is 1. The van der Waals surface area contributed by atoms with Gasteiger partial charge in [0.1, 0.15) is 17.7 Å². The molecule has 6 rings (SSSR count). The predicted molar refractivity (Wildman–Crippen MR) is 143 cm³/mol. The van der Waals surface area contributed by atoms with Crippen LogP contribution in [0.4, 0.5) is 14.7 Å². The van der Waals surface area contributed by atoms with Gasteiger partial charge < -0.3 is 24.0 Å². The number of nitrogens with zero attached hydrogens (tertiary/aromatic N) is 6. The van der Waals surface area contributed by atoms with E-state index in [0.29, 0.717) is 74.1 Å². The van der Waals surface area contributed by atoms with Crippen LogP contribution < -0.4 is 14.4 Å². The van der Waals surface area contributed by atoms with Gasteiger partial charge in [-0.1, -0.05) is 12.1 Å². The summed E-state index contributed by atoms with van der Waals surface area (Å²) in [5.74, 6) is 1.01. The number of aromatic nitrogens is 4. The molecule has 2 aromatic heterocycles. The van der Waals surface area contributed by atoms with E-state index in [2.05, 4.69) is 15.0 Å². The van der Waals surface area contributed by atoms with Crippen molar-refractivity contribution in [3.05, 3.63) is 66.0 Å². The maximum absolute atomic E-state index is 14.1. The van der Waals surface area contributed by atoms with E-state index in [4.69, 9.17) is 14.2 Å². The molecule has 0 saturated carbocycles. The highest BCUT2D eigenvalue weighted by molar-refractivity contribution is 5.94. The van der Waals surface area contributed by atoms with Crippen LogP contribution in [0.15, 0.2) is 54.6 Å². The molecule has 1 unspecified atom stereocenters. The number of amides is 1. The summed E-state index contributed by atoms with van der Waals surface area (Å²) in [6.07, 6.45) is -2.53. The SMILES string of the molecule is COc1ccc(C(=O)N2CCC(Oc3cc(-n4c(C(F)F)nc5ccccc54)nc(N4CCOCC4)n3)C2)cc1. The van der Waals surface area contributed by atoms with Gasteiger partial charge in [0.2, 0.25) is 11.8 Å². The number of hydrogen-bond acceptors (Lipinski definition) is 8. The Bertz CT molecular complexity index is 1510. The van der Waals surface area contributed by atoms with Crippen LogP contribution in [-0.4, -0.2) is 82.9 Å². The summed E-state index contributed by atoms with van der Waals surface area (Å²) in [6.45, 7) is 3.01. The molecule has 2 saturated heterocycles.